The molecule has 0 saturated carbocycles. The first-order valence-corrected chi connectivity index (χ1v) is 7.37. The highest BCUT2D eigenvalue weighted by Crippen LogP contribution is 2.21. The van der Waals surface area contributed by atoms with Crippen molar-refractivity contribution in [2.75, 3.05) is 19.0 Å². The summed E-state index contributed by atoms with van der Waals surface area (Å²) in [7, 11) is 1.60. The van der Waals surface area contributed by atoms with Crippen LogP contribution in [0, 0.1) is 0 Å². The fourth-order valence-electron chi connectivity index (χ4n) is 1.69. The molecule has 0 radical (unpaired) electrons. The van der Waals surface area contributed by atoms with Gasteiger partial charge in [0, 0.05) is 6.54 Å². The van der Waals surface area contributed by atoms with Crippen molar-refractivity contribution in [2.45, 2.75) is 45.4 Å². The smallest absolute Gasteiger partial charge is 0.232 e. The molecule has 0 aliphatic rings. The predicted octanol–water partition coefficient (Wildman–Crippen LogP) is 4.02. The van der Waals surface area contributed by atoms with E-state index in [-0.39, 0.29) is 0 Å². The Balaban J connectivity index is 2.19. The molecular formula is C13H22BrN3O. The van der Waals surface area contributed by atoms with E-state index in [0.29, 0.717) is 11.8 Å². The zero-order valence-electron chi connectivity index (χ0n) is 11.2. The molecule has 0 saturated heterocycles. The van der Waals surface area contributed by atoms with Crippen molar-refractivity contribution < 1.29 is 4.74 Å². The second-order valence-electron chi connectivity index (χ2n) is 4.25. The Morgan fingerprint density at radius 3 is 2.67 bits per heavy atom. The lowest BCUT2D eigenvalue weighted by molar-refractivity contribution is 0.394. The topological polar surface area (TPSA) is 47.0 Å². The van der Waals surface area contributed by atoms with Gasteiger partial charge in [0.05, 0.1) is 17.8 Å². The summed E-state index contributed by atoms with van der Waals surface area (Å²) in [6, 6.07) is 0. The molecule has 1 aromatic rings. The van der Waals surface area contributed by atoms with E-state index in [1.165, 1.54) is 32.1 Å². The molecule has 18 heavy (non-hydrogen) atoms. The Hall–Kier alpha value is -0.840. The summed E-state index contributed by atoms with van der Waals surface area (Å²) in [6.45, 7) is 3.15. The Labute approximate surface area is 118 Å². The van der Waals surface area contributed by atoms with Crippen molar-refractivity contribution in [2.24, 2.45) is 0 Å². The van der Waals surface area contributed by atoms with Crippen LogP contribution in [0.25, 0.3) is 0 Å². The fraction of sp³-hybridized carbons (Fsp3) is 0.692. The minimum Gasteiger partial charge on any atom is -0.480 e. The largest absolute Gasteiger partial charge is 0.480 e. The van der Waals surface area contributed by atoms with E-state index in [2.05, 4.69) is 38.1 Å². The van der Waals surface area contributed by atoms with Gasteiger partial charge in [-0.2, -0.15) is 4.98 Å². The van der Waals surface area contributed by atoms with Gasteiger partial charge in [0.25, 0.3) is 0 Å². The summed E-state index contributed by atoms with van der Waals surface area (Å²) in [5, 5.41) is 3.21. The molecular weight excluding hydrogens is 294 g/mol. The van der Waals surface area contributed by atoms with Crippen molar-refractivity contribution in [1.29, 1.82) is 0 Å². The molecule has 0 unspecified atom stereocenters. The number of aromatic nitrogens is 2. The Morgan fingerprint density at radius 2 is 1.94 bits per heavy atom. The maximum Gasteiger partial charge on any atom is 0.232 e. The van der Waals surface area contributed by atoms with Gasteiger partial charge in [-0.25, -0.2) is 4.98 Å². The third-order valence-corrected chi connectivity index (χ3v) is 3.26. The number of nitrogens with one attached hydrogen (secondary N) is 1. The van der Waals surface area contributed by atoms with Crippen molar-refractivity contribution in [1.82, 2.24) is 9.97 Å². The number of unbranched alkanes of at least 4 members (excludes halogenated alkanes) is 5. The van der Waals surface area contributed by atoms with Gasteiger partial charge in [0.2, 0.25) is 11.8 Å². The highest BCUT2D eigenvalue weighted by molar-refractivity contribution is 9.10. The van der Waals surface area contributed by atoms with Crippen LogP contribution in [-0.2, 0) is 0 Å². The quantitative estimate of drug-likeness (QED) is 0.699. The second kappa shape index (κ2) is 9.14. The van der Waals surface area contributed by atoms with Crippen LogP contribution in [0.3, 0.4) is 0 Å². The predicted molar refractivity (Wildman–Crippen MR) is 78.1 cm³/mol. The number of rotatable bonds is 9. The highest BCUT2D eigenvalue weighted by atomic mass is 79.9. The number of halogens is 1. The lowest BCUT2D eigenvalue weighted by Gasteiger charge is -2.07. The van der Waals surface area contributed by atoms with Gasteiger partial charge in [-0.05, 0) is 22.4 Å². The van der Waals surface area contributed by atoms with E-state index >= 15 is 0 Å². The lowest BCUT2D eigenvalue weighted by atomic mass is 10.1. The van der Waals surface area contributed by atoms with Crippen LogP contribution in [-0.4, -0.2) is 23.6 Å². The van der Waals surface area contributed by atoms with Gasteiger partial charge in [-0.15, -0.1) is 0 Å². The zero-order valence-corrected chi connectivity index (χ0v) is 12.8. The van der Waals surface area contributed by atoms with Crippen LogP contribution < -0.4 is 10.1 Å². The molecule has 0 aliphatic heterocycles. The average Bonchev–Trinajstić information content (AvgIpc) is 2.39. The van der Waals surface area contributed by atoms with Gasteiger partial charge in [-0.3, -0.25) is 0 Å². The number of hydrogen-bond donors (Lipinski definition) is 1. The summed E-state index contributed by atoms with van der Waals surface area (Å²) < 4.78 is 5.89. The maximum absolute atomic E-state index is 5.12. The molecule has 0 fully saturated rings. The first-order chi connectivity index (χ1) is 8.77. The Morgan fingerprint density at radius 1 is 1.22 bits per heavy atom. The van der Waals surface area contributed by atoms with E-state index < -0.39 is 0 Å². The zero-order chi connectivity index (χ0) is 13.2. The van der Waals surface area contributed by atoms with Gasteiger partial charge in [0.1, 0.15) is 0 Å². The summed E-state index contributed by atoms with van der Waals surface area (Å²) in [6.07, 6.45) is 9.44. The summed E-state index contributed by atoms with van der Waals surface area (Å²) in [4.78, 5) is 8.43. The number of nitrogens with zero attached hydrogens (tertiary/aromatic N) is 2. The van der Waals surface area contributed by atoms with Crippen LogP contribution in [0.1, 0.15) is 45.4 Å². The van der Waals surface area contributed by atoms with Gasteiger partial charge < -0.3 is 10.1 Å². The van der Waals surface area contributed by atoms with Crippen LogP contribution >= 0.6 is 15.9 Å². The molecule has 1 aromatic heterocycles. The summed E-state index contributed by atoms with van der Waals surface area (Å²) in [5.74, 6) is 1.19. The van der Waals surface area contributed by atoms with Gasteiger partial charge in [-0.1, -0.05) is 39.0 Å². The average molecular weight is 316 g/mol. The molecule has 0 bridgehead atoms. The summed E-state index contributed by atoms with van der Waals surface area (Å²) in [5.41, 5.74) is 0. The van der Waals surface area contributed by atoms with E-state index in [9.17, 15) is 0 Å². The van der Waals surface area contributed by atoms with Crippen molar-refractivity contribution in [3.8, 4) is 5.88 Å². The third kappa shape index (κ3) is 5.67. The molecule has 0 spiro atoms. The van der Waals surface area contributed by atoms with Crippen LogP contribution in [0.2, 0.25) is 0 Å². The molecule has 5 heteroatoms. The highest BCUT2D eigenvalue weighted by Gasteiger charge is 2.03. The van der Waals surface area contributed by atoms with Gasteiger partial charge >= 0.3 is 0 Å². The molecule has 0 amide bonds. The molecule has 1 heterocycles. The van der Waals surface area contributed by atoms with Crippen LogP contribution in [0.5, 0.6) is 5.88 Å². The van der Waals surface area contributed by atoms with E-state index in [4.69, 9.17) is 4.74 Å². The molecule has 0 aromatic carbocycles. The molecule has 0 aliphatic carbocycles. The third-order valence-electron chi connectivity index (χ3n) is 2.72. The Kier molecular flexibility index (Phi) is 7.73. The maximum atomic E-state index is 5.12. The molecule has 4 nitrogen and oxygen atoms in total. The molecule has 0 atom stereocenters. The van der Waals surface area contributed by atoms with E-state index in [0.717, 1.165) is 17.4 Å². The minimum atomic E-state index is 0.565. The Bertz CT molecular complexity index is 347. The second-order valence-corrected chi connectivity index (χ2v) is 5.10. The standard InChI is InChI=1S/C13H22BrN3O/c1-3-4-5-6-7-8-9-15-13-16-10-11(14)12(17-13)18-2/h10H,3-9H2,1-2H3,(H,15,16,17). The number of anilines is 1. The normalized spacial score (nSPS) is 10.4. The van der Waals surface area contributed by atoms with Crippen molar-refractivity contribution in [3.05, 3.63) is 10.7 Å². The van der Waals surface area contributed by atoms with Crippen LogP contribution in [0.4, 0.5) is 5.95 Å². The number of ether oxygens (including phenoxy) is 1. The monoisotopic (exact) mass is 315 g/mol. The SMILES string of the molecule is CCCCCCCCNc1ncc(Br)c(OC)n1. The molecule has 1 N–H and O–H groups in total. The van der Waals surface area contributed by atoms with Crippen molar-refractivity contribution >= 4 is 21.9 Å². The first kappa shape index (κ1) is 15.2. The van der Waals surface area contributed by atoms with Crippen molar-refractivity contribution in [3.63, 3.8) is 0 Å². The number of hydrogen-bond acceptors (Lipinski definition) is 4. The minimum absolute atomic E-state index is 0.565. The first-order valence-electron chi connectivity index (χ1n) is 6.58. The molecule has 1 rings (SSSR count). The summed E-state index contributed by atoms with van der Waals surface area (Å²) >= 11 is 3.33. The van der Waals surface area contributed by atoms with Crippen LogP contribution in [0.15, 0.2) is 10.7 Å². The van der Waals surface area contributed by atoms with Gasteiger partial charge in [0.15, 0.2) is 0 Å². The lowest BCUT2D eigenvalue weighted by Crippen LogP contribution is -2.06. The van der Waals surface area contributed by atoms with E-state index in [1.54, 1.807) is 13.3 Å². The fourth-order valence-corrected chi connectivity index (χ4v) is 2.04. The number of methoxy groups -OCH3 is 1. The molecule has 102 valence electrons. The van der Waals surface area contributed by atoms with E-state index in [1.807, 2.05) is 0 Å².